The molecule has 0 unspecified atom stereocenters. The summed E-state index contributed by atoms with van der Waals surface area (Å²) in [6, 6.07) is 1.56. The third-order valence-corrected chi connectivity index (χ3v) is 3.24. The number of hydrogen-bond donors (Lipinski definition) is 2. The van der Waals surface area contributed by atoms with Gasteiger partial charge in [0, 0.05) is 12.6 Å². The minimum atomic E-state index is -0.0624. The van der Waals surface area contributed by atoms with E-state index in [2.05, 4.69) is 36.1 Å². The van der Waals surface area contributed by atoms with Gasteiger partial charge in [0.2, 0.25) is 0 Å². The average Bonchev–Trinajstić information content (AvgIpc) is 2.26. The molecule has 1 heterocycles. The second-order valence-corrected chi connectivity index (χ2v) is 5.78. The molecule has 0 aliphatic carbocycles. The van der Waals surface area contributed by atoms with Crippen LogP contribution >= 0.6 is 11.8 Å². The van der Waals surface area contributed by atoms with Crippen LogP contribution in [0.1, 0.15) is 38.7 Å². The molecule has 0 saturated carbocycles. The van der Waals surface area contributed by atoms with E-state index in [1.54, 1.807) is 17.8 Å². The van der Waals surface area contributed by atoms with Gasteiger partial charge in [0.25, 0.3) is 5.56 Å². The van der Waals surface area contributed by atoms with Crippen LogP contribution in [0.25, 0.3) is 0 Å². The van der Waals surface area contributed by atoms with Crippen molar-refractivity contribution in [3.8, 4) is 0 Å². The lowest BCUT2D eigenvalue weighted by molar-refractivity contribution is 0.659. The maximum Gasteiger partial charge on any atom is 0.251 e. The molecule has 0 aliphatic heterocycles. The Hall–Kier alpha value is -0.810. The van der Waals surface area contributed by atoms with Crippen LogP contribution in [0.4, 0.5) is 0 Å². The van der Waals surface area contributed by atoms with Crippen molar-refractivity contribution in [1.29, 1.82) is 0 Å². The van der Waals surface area contributed by atoms with Gasteiger partial charge in [0.1, 0.15) is 5.82 Å². The number of rotatable bonds is 7. The molecule has 5 heteroatoms. The molecule has 0 saturated heterocycles. The van der Waals surface area contributed by atoms with Crippen molar-refractivity contribution in [3.63, 3.8) is 0 Å². The van der Waals surface area contributed by atoms with Gasteiger partial charge in [0.05, 0.1) is 11.4 Å². The molecule has 17 heavy (non-hydrogen) atoms. The fraction of sp³-hybridized carbons (Fsp3) is 0.667. The fourth-order valence-electron chi connectivity index (χ4n) is 1.36. The summed E-state index contributed by atoms with van der Waals surface area (Å²) in [5.41, 5.74) is 0.759. The Bertz CT molecular complexity index is 390. The Labute approximate surface area is 107 Å². The lowest BCUT2D eigenvalue weighted by Crippen LogP contribution is -2.19. The van der Waals surface area contributed by atoms with Gasteiger partial charge in [0.15, 0.2) is 0 Å². The smallest absolute Gasteiger partial charge is 0.251 e. The summed E-state index contributed by atoms with van der Waals surface area (Å²) >= 11 is 1.78. The van der Waals surface area contributed by atoms with Crippen LogP contribution in [0.2, 0.25) is 0 Å². The number of nitrogens with one attached hydrogen (secondary N) is 2. The number of thioether (sulfide) groups is 1. The molecule has 0 radical (unpaired) electrons. The van der Waals surface area contributed by atoms with Gasteiger partial charge in [-0.05, 0) is 18.2 Å². The van der Waals surface area contributed by atoms with Crippen molar-refractivity contribution < 1.29 is 0 Å². The van der Waals surface area contributed by atoms with Gasteiger partial charge in [-0.15, -0.1) is 0 Å². The van der Waals surface area contributed by atoms with Crippen LogP contribution in [-0.4, -0.2) is 21.8 Å². The highest BCUT2D eigenvalue weighted by molar-refractivity contribution is 7.99. The maximum atomic E-state index is 11.5. The van der Waals surface area contributed by atoms with Gasteiger partial charge < -0.3 is 10.3 Å². The Morgan fingerprint density at radius 3 is 2.94 bits per heavy atom. The molecular formula is C12H21N3OS. The first-order valence-corrected chi connectivity index (χ1v) is 7.08. The first-order chi connectivity index (χ1) is 8.11. The van der Waals surface area contributed by atoms with E-state index in [9.17, 15) is 4.79 Å². The molecule has 2 N–H and O–H groups in total. The van der Waals surface area contributed by atoms with E-state index < -0.39 is 0 Å². The van der Waals surface area contributed by atoms with Gasteiger partial charge in [-0.1, -0.05) is 20.8 Å². The minimum absolute atomic E-state index is 0.0624. The monoisotopic (exact) mass is 255 g/mol. The second-order valence-electron chi connectivity index (χ2n) is 4.22. The van der Waals surface area contributed by atoms with Crippen molar-refractivity contribution in [1.82, 2.24) is 15.3 Å². The summed E-state index contributed by atoms with van der Waals surface area (Å²) in [6.07, 6.45) is 1.08. The zero-order valence-electron chi connectivity index (χ0n) is 10.7. The number of aromatic amines is 1. The molecule has 0 bridgehead atoms. The predicted molar refractivity (Wildman–Crippen MR) is 73.3 cm³/mol. The lowest BCUT2D eigenvalue weighted by Gasteiger charge is -2.06. The molecular weight excluding hydrogens is 234 g/mol. The number of H-pyrrole nitrogens is 1. The van der Waals surface area contributed by atoms with Crippen molar-refractivity contribution in [2.75, 3.05) is 6.54 Å². The Kier molecular flexibility index (Phi) is 6.29. The van der Waals surface area contributed by atoms with E-state index in [1.807, 2.05) is 0 Å². The molecule has 0 spiro atoms. The van der Waals surface area contributed by atoms with Gasteiger partial charge >= 0.3 is 0 Å². The molecule has 0 fully saturated rings. The average molecular weight is 255 g/mol. The lowest BCUT2D eigenvalue weighted by atomic mass is 10.3. The molecule has 0 atom stereocenters. The van der Waals surface area contributed by atoms with Gasteiger partial charge in [-0.2, -0.15) is 11.8 Å². The van der Waals surface area contributed by atoms with E-state index in [0.717, 1.165) is 30.2 Å². The zero-order valence-corrected chi connectivity index (χ0v) is 11.6. The number of nitrogens with zero attached hydrogens (tertiary/aromatic N) is 1. The quantitative estimate of drug-likeness (QED) is 0.731. The highest BCUT2D eigenvalue weighted by Crippen LogP contribution is 2.13. The predicted octanol–water partition coefficient (Wildman–Crippen LogP) is 1.91. The summed E-state index contributed by atoms with van der Waals surface area (Å²) in [6.45, 7) is 8.00. The Morgan fingerprint density at radius 1 is 1.53 bits per heavy atom. The molecule has 4 nitrogen and oxygen atoms in total. The Balaban J connectivity index is 2.62. The highest BCUT2D eigenvalue weighted by atomic mass is 32.2. The number of hydrogen-bond acceptors (Lipinski definition) is 4. The van der Waals surface area contributed by atoms with Gasteiger partial charge in [-0.25, -0.2) is 4.98 Å². The normalized spacial score (nSPS) is 11.1. The zero-order chi connectivity index (χ0) is 12.7. The van der Waals surface area contributed by atoms with Crippen molar-refractivity contribution in [2.24, 2.45) is 0 Å². The molecule has 0 aromatic carbocycles. The maximum absolute atomic E-state index is 11.5. The fourth-order valence-corrected chi connectivity index (χ4v) is 1.99. The van der Waals surface area contributed by atoms with E-state index in [1.165, 1.54) is 0 Å². The van der Waals surface area contributed by atoms with Crippen LogP contribution in [0, 0.1) is 0 Å². The largest absolute Gasteiger partial charge is 0.311 e. The van der Waals surface area contributed by atoms with Crippen molar-refractivity contribution in [3.05, 3.63) is 27.9 Å². The van der Waals surface area contributed by atoms with E-state index in [4.69, 9.17) is 0 Å². The summed E-state index contributed by atoms with van der Waals surface area (Å²) in [4.78, 5) is 18.7. The first-order valence-electron chi connectivity index (χ1n) is 6.03. The summed E-state index contributed by atoms with van der Waals surface area (Å²) in [7, 11) is 0. The van der Waals surface area contributed by atoms with E-state index in [0.29, 0.717) is 11.8 Å². The Morgan fingerprint density at radius 2 is 2.29 bits per heavy atom. The molecule has 96 valence electrons. The van der Waals surface area contributed by atoms with E-state index in [-0.39, 0.29) is 5.56 Å². The second kappa shape index (κ2) is 7.50. The van der Waals surface area contributed by atoms with Crippen LogP contribution in [0.15, 0.2) is 10.9 Å². The molecule has 0 amide bonds. The molecule has 1 aromatic rings. The first kappa shape index (κ1) is 14.3. The summed E-state index contributed by atoms with van der Waals surface area (Å²) < 4.78 is 0. The third-order valence-electron chi connectivity index (χ3n) is 2.13. The van der Waals surface area contributed by atoms with Crippen LogP contribution in [-0.2, 0) is 12.3 Å². The SMILES string of the molecule is CCCNCc1cc(=O)[nH]c(CSC(C)C)n1. The van der Waals surface area contributed by atoms with E-state index >= 15 is 0 Å². The molecule has 0 aliphatic rings. The van der Waals surface area contributed by atoms with Gasteiger partial charge in [-0.3, -0.25) is 4.79 Å². The van der Waals surface area contributed by atoms with Crippen LogP contribution in [0.3, 0.4) is 0 Å². The topological polar surface area (TPSA) is 57.8 Å². The highest BCUT2D eigenvalue weighted by Gasteiger charge is 2.03. The minimum Gasteiger partial charge on any atom is -0.311 e. The molecule has 1 aromatic heterocycles. The third kappa shape index (κ3) is 5.89. The van der Waals surface area contributed by atoms with Crippen molar-refractivity contribution >= 4 is 11.8 Å². The van der Waals surface area contributed by atoms with Crippen molar-refractivity contribution in [2.45, 2.75) is 44.7 Å². The molecule has 1 rings (SSSR count). The number of aromatic nitrogens is 2. The standard InChI is InChI=1S/C12H21N3OS/c1-4-5-13-7-10-6-12(16)15-11(14-10)8-17-9(2)3/h6,9,13H,4-5,7-8H2,1-3H3,(H,14,15,16). The summed E-state index contributed by atoms with van der Waals surface area (Å²) in [5.74, 6) is 1.53. The summed E-state index contributed by atoms with van der Waals surface area (Å²) in [5, 5.41) is 3.79. The van der Waals surface area contributed by atoms with Crippen LogP contribution in [0.5, 0.6) is 0 Å². The van der Waals surface area contributed by atoms with Crippen LogP contribution < -0.4 is 10.9 Å².